The van der Waals surface area contributed by atoms with E-state index in [9.17, 15) is 13.2 Å². The molecule has 0 aromatic heterocycles. The number of sulfonamides is 1. The van der Waals surface area contributed by atoms with Crippen LogP contribution in [-0.2, 0) is 14.8 Å². The Labute approximate surface area is 133 Å². The van der Waals surface area contributed by atoms with E-state index in [1.165, 1.54) is 17.0 Å². The second-order valence-electron chi connectivity index (χ2n) is 4.66. The molecule has 114 valence electrons. The molecule has 1 aromatic rings. The van der Waals surface area contributed by atoms with Crippen LogP contribution in [0.5, 0.6) is 0 Å². The van der Waals surface area contributed by atoms with Gasteiger partial charge in [0.1, 0.15) is 9.88 Å². The normalized spacial score (nSPS) is 17.0. The van der Waals surface area contributed by atoms with Gasteiger partial charge < -0.3 is 10.6 Å². The monoisotopic (exact) mass is 347 g/mol. The number of halogens is 1. The highest BCUT2D eigenvalue weighted by Crippen LogP contribution is 2.26. The molecule has 0 bridgehead atoms. The number of piperazine rings is 1. The maximum Gasteiger partial charge on any atom is 0.245 e. The fourth-order valence-corrected chi connectivity index (χ4v) is 3.94. The van der Waals surface area contributed by atoms with Crippen molar-refractivity contribution in [3.05, 3.63) is 28.8 Å². The van der Waals surface area contributed by atoms with Crippen LogP contribution in [0.3, 0.4) is 0 Å². The number of hydrogen-bond acceptors (Lipinski definition) is 4. The molecule has 1 saturated heterocycles. The lowest BCUT2D eigenvalue weighted by atomic mass is 10.2. The predicted octanol–water partition coefficient (Wildman–Crippen LogP) is 0.437. The van der Waals surface area contributed by atoms with Crippen molar-refractivity contribution in [2.24, 2.45) is 5.73 Å². The van der Waals surface area contributed by atoms with Crippen molar-refractivity contribution in [2.75, 3.05) is 26.7 Å². The quantitative estimate of drug-likeness (QED) is 0.802. The van der Waals surface area contributed by atoms with E-state index in [1.807, 2.05) is 0 Å². The summed E-state index contributed by atoms with van der Waals surface area (Å²) >= 11 is 10.8. The molecule has 0 atom stereocenters. The van der Waals surface area contributed by atoms with Crippen molar-refractivity contribution in [2.45, 2.75) is 4.90 Å². The van der Waals surface area contributed by atoms with Crippen molar-refractivity contribution in [1.82, 2.24) is 9.21 Å². The van der Waals surface area contributed by atoms with Gasteiger partial charge in [0.25, 0.3) is 0 Å². The molecule has 1 fully saturated rings. The Morgan fingerprint density at radius 1 is 1.38 bits per heavy atom. The van der Waals surface area contributed by atoms with Crippen LogP contribution < -0.4 is 5.73 Å². The number of rotatable bonds is 3. The van der Waals surface area contributed by atoms with Gasteiger partial charge in [0.15, 0.2) is 0 Å². The van der Waals surface area contributed by atoms with Crippen molar-refractivity contribution >= 4 is 44.7 Å². The van der Waals surface area contributed by atoms with Crippen molar-refractivity contribution in [1.29, 1.82) is 0 Å². The van der Waals surface area contributed by atoms with Gasteiger partial charge in [-0.1, -0.05) is 29.9 Å². The van der Waals surface area contributed by atoms with Crippen molar-refractivity contribution in [3.63, 3.8) is 0 Å². The number of thiocarbonyl (C=S) groups is 1. The highest BCUT2D eigenvalue weighted by Gasteiger charge is 2.32. The average Bonchev–Trinajstić information content (AvgIpc) is 2.41. The van der Waals surface area contributed by atoms with E-state index in [1.54, 1.807) is 13.1 Å². The Morgan fingerprint density at radius 3 is 2.62 bits per heavy atom. The summed E-state index contributed by atoms with van der Waals surface area (Å²) in [6, 6.07) is 4.32. The summed E-state index contributed by atoms with van der Waals surface area (Å²) in [4.78, 5) is 13.2. The van der Waals surface area contributed by atoms with Crippen LogP contribution >= 0.6 is 23.8 Å². The zero-order chi connectivity index (χ0) is 15.8. The summed E-state index contributed by atoms with van der Waals surface area (Å²) in [6.07, 6.45) is 0. The fourth-order valence-electron chi connectivity index (χ4n) is 1.94. The van der Waals surface area contributed by atoms with E-state index in [4.69, 9.17) is 29.6 Å². The molecular weight excluding hydrogens is 334 g/mol. The Hall–Kier alpha value is -1.22. The second kappa shape index (κ2) is 5.88. The molecular formula is C12H14ClN3O3S2. The lowest BCUT2D eigenvalue weighted by Crippen LogP contribution is -2.50. The summed E-state index contributed by atoms with van der Waals surface area (Å²) in [5.41, 5.74) is 5.92. The van der Waals surface area contributed by atoms with Gasteiger partial charge in [0.2, 0.25) is 15.9 Å². The predicted molar refractivity (Wildman–Crippen MR) is 83.7 cm³/mol. The molecule has 2 N–H and O–H groups in total. The van der Waals surface area contributed by atoms with Crippen LogP contribution in [-0.4, -0.2) is 55.2 Å². The molecule has 0 radical (unpaired) electrons. The number of benzene rings is 1. The van der Waals surface area contributed by atoms with Gasteiger partial charge in [0, 0.05) is 25.7 Å². The SMILES string of the molecule is CN1CCN(S(=O)(=O)c2cc(C(N)=S)ccc2Cl)CC1=O. The molecule has 0 spiro atoms. The highest BCUT2D eigenvalue weighted by molar-refractivity contribution is 7.89. The third-order valence-electron chi connectivity index (χ3n) is 3.26. The summed E-state index contributed by atoms with van der Waals surface area (Å²) < 4.78 is 26.4. The third kappa shape index (κ3) is 3.18. The van der Waals surface area contributed by atoms with E-state index in [-0.39, 0.29) is 33.9 Å². The summed E-state index contributed by atoms with van der Waals surface area (Å²) in [5, 5.41) is 0.0707. The number of amides is 1. The molecule has 1 aliphatic heterocycles. The van der Waals surface area contributed by atoms with Crippen LogP contribution in [0.1, 0.15) is 5.56 Å². The summed E-state index contributed by atoms with van der Waals surface area (Å²) in [7, 11) is -2.23. The van der Waals surface area contributed by atoms with Crippen molar-refractivity contribution in [3.8, 4) is 0 Å². The van der Waals surface area contributed by atoms with E-state index in [0.717, 1.165) is 4.31 Å². The molecule has 2 rings (SSSR count). The maximum atomic E-state index is 12.6. The van der Waals surface area contributed by atoms with E-state index < -0.39 is 10.0 Å². The lowest BCUT2D eigenvalue weighted by molar-refractivity contribution is -0.132. The third-order valence-corrected chi connectivity index (χ3v) is 5.82. The topological polar surface area (TPSA) is 83.7 Å². The Bertz CT molecular complexity index is 706. The average molecular weight is 348 g/mol. The first-order chi connectivity index (χ1) is 9.73. The van der Waals surface area contributed by atoms with Gasteiger partial charge in [0.05, 0.1) is 11.6 Å². The molecule has 6 nitrogen and oxygen atoms in total. The first-order valence-corrected chi connectivity index (χ1v) is 8.29. The zero-order valence-corrected chi connectivity index (χ0v) is 13.6. The van der Waals surface area contributed by atoms with Crippen LogP contribution in [0.2, 0.25) is 5.02 Å². The first kappa shape index (κ1) is 16.2. The molecule has 1 amide bonds. The lowest BCUT2D eigenvalue weighted by Gasteiger charge is -2.31. The molecule has 0 aliphatic carbocycles. The van der Waals surface area contributed by atoms with Gasteiger partial charge in [-0.15, -0.1) is 0 Å². The maximum absolute atomic E-state index is 12.6. The number of carbonyl (C=O) groups excluding carboxylic acids is 1. The molecule has 21 heavy (non-hydrogen) atoms. The van der Waals surface area contributed by atoms with Crippen molar-refractivity contribution < 1.29 is 13.2 Å². The molecule has 0 saturated carbocycles. The molecule has 0 unspecified atom stereocenters. The van der Waals surface area contributed by atoms with Gasteiger partial charge in [-0.25, -0.2) is 8.42 Å². The zero-order valence-electron chi connectivity index (χ0n) is 11.2. The largest absolute Gasteiger partial charge is 0.389 e. The number of hydrogen-bond donors (Lipinski definition) is 1. The molecule has 9 heteroatoms. The Balaban J connectivity index is 2.42. The van der Waals surface area contributed by atoms with E-state index >= 15 is 0 Å². The van der Waals surface area contributed by atoms with Crippen LogP contribution in [0.15, 0.2) is 23.1 Å². The van der Waals surface area contributed by atoms with Crippen LogP contribution in [0.4, 0.5) is 0 Å². The van der Waals surface area contributed by atoms with Gasteiger partial charge in [-0.05, 0) is 12.1 Å². The van der Waals surface area contributed by atoms with Gasteiger partial charge in [-0.3, -0.25) is 4.79 Å². The number of nitrogens with two attached hydrogens (primary N) is 1. The fraction of sp³-hybridized carbons (Fsp3) is 0.333. The number of carbonyl (C=O) groups is 1. The molecule has 1 heterocycles. The standard InChI is InChI=1S/C12H14ClN3O3S2/c1-15-4-5-16(7-11(15)17)21(18,19)10-6-8(12(14)20)2-3-9(10)13/h2-3,6H,4-5,7H2,1H3,(H2,14,20). The Kier molecular flexibility index (Phi) is 4.52. The van der Waals surface area contributed by atoms with Gasteiger partial charge >= 0.3 is 0 Å². The van der Waals surface area contributed by atoms with Crippen LogP contribution in [0, 0.1) is 0 Å². The van der Waals surface area contributed by atoms with Crippen LogP contribution in [0.25, 0.3) is 0 Å². The summed E-state index contributed by atoms with van der Waals surface area (Å²) in [5.74, 6) is -0.258. The second-order valence-corrected chi connectivity index (χ2v) is 7.42. The molecule has 1 aliphatic rings. The Morgan fingerprint density at radius 2 is 2.05 bits per heavy atom. The minimum atomic E-state index is -3.87. The van der Waals surface area contributed by atoms with E-state index in [0.29, 0.717) is 12.1 Å². The molecule has 1 aromatic carbocycles. The van der Waals surface area contributed by atoms with E-state index in [2.05, 4.69) is 0 Å². The number of nitrogens with zero attached hydrogens (tertiary/aromatic N) is 2. The number of likely N-dealkylation sites (N-methyl/N-ethyl adjacent to an activating group) is 1. The minimum Gasteiger partial charge on any atom is -0.389 e. The minimum absolute atomic E-state index is 0.0707. The first-order valence-electron chi connectivity index (χ1n) is 6.07. The highest BCUT2D eigenvalue weighted by atomic mass is 35.5. The smallest absolute Gasteiger partial charge is 0.245 e. The van der Waals surface area contributed by atoms with Gasteiger partial charge in [-0.2, -0.15) is 4.31 Å². The summed E-state index contributed by atoms with van der Waals surface area (Å²) in [6.45, 7) is 0.356.